The summed E-state index contributed by atoms with van der Waals surface area (Å²) in [5, 5.41) is 3.12. The molecule has 1 saturated heterocycles. The first-order valence-electron chi connectivity index (χ1n) is 10.1. The fourth-order valence-corrected chi connectivity index (χ4v) is 4.19. The van der Waals surface area contributed by atoms with Crippen LogP contribution in [0.5, 0.6) is 0 Å². The molecule has 28 heavy (non-hydrogen) atoms. The predicted molar refractivity (Wildman–Crippen MR) is 121 cm³/mol. The van der Waals surface area contributed by atoms with Crippen LogP contribution in [-0.2, 0) is 9.22 Å². The molecule has 2 rings (SSSR count). The zero-order chi connectivity index (χ0) is 20.8. The Bertz CT molecular complexity index is 643. The lowest BCUT2D eigenvalue weighted by Crippen LogP contribution is -2.49. The zero-order valence-corrected chi connectivity index (χ0v) is 20.5. The van der Waals surface area contributed by atoms with E-state index in [1.165, 1.54) is 0 Å². The molecule has 8 heteroatoms. The minimum Gasteiger partial charge on any atom is -0.416 e. The van der Waals surface area contributed by atoms with Gasteiger partial charge in [-0.25, -0.2) is 4.98 Å². The van der Waals surface area contributed by atoms with E-state index >= 15 is 0 Å². The highest BCUT2D eigenvalue weighted by molar-refractivity contribution is 9.10. The lowest BCUT2D eigenvalue weighted by atomic mass is 10.2. The third kappa shape index (κ3) is 7.55. The first-order valence-corrected chi connectivity index (χ1v) is 13.8. The summed E-state index contributed by atoms with van der Waals surface area (Å²) in [7, 11) is -1.65. The summed E-state index contributed by atoms with van der Waals surface area (Å²) < 4.78 is 7.20. The maximum absolute atomic E-state index is 12.1. The van der Waals surface area contributed by atoms with Gasteiger partial charge in [-0.05, 0) is 30.3 Å². The number of carbonyl (C=O) groups is 1. The quantitative estimate of drug-likeness (QED) is 0.585. The van der Waals surface area contributed by atoms with Crippen molar-refractivity contribution in [3.63, 3.8) is 0 Å². The average Bonchev–Trinajstić information content (AvgIpc) is 2.60. The smallest absolute Gasteiger partial charge is 0.226 e. The first-order chi connectivity index (χ1) is 13.1. The molecule has 1 N–H and O–H groups in total. The number of amides is 1. The maximum Gasteiger partial charge on any atom is 0.226 e. The summed E-state index contributed by atoms with van der Waals surface area (Å²) in [6.07, 6.45) is 2.16. The van der Waals surface area contributed by atoms with Crippen LogP contribution < -0.4 is 5.32 Å². The Morgan fingerprint density at radius 2 is 1.82 bits per heavy atom. The largest absolute Gasteiger partial charge is 0.416 e. The van der Waals surface area contributed by atoms with Crippen LogP contribution in [0.3, 0.4) is 0 Å². The van der Waals surface area contributed by atoms with Crippen LogP contribution in [0.1, 0.15) is 27.2 Å². The molecule has 2 heterocycles. The van der Waals surface area contributed by atoms with Gasteiger partial charge >= 0.3 is 0 Å². The summed E-state index contributed by atoms with van der Waals surface area (Å²) in [5.41, 5.74) is 0. The molecule has 1 amide bonds. The molecule has 0 radical (unpaired) electrons. The fourth-order valence-electron chi connectivity index (χ4n) is 2.82. The standard InChI is InChI=1S/C20H35BrN4O2Si/c1-20(2,3)28(4,5)27-15-14-25-12-10-24(11-13-25)9-7-19(26)23-18-16-17(21)6-8-22-18/h6,8,16H,7,9-15H2,1-5H3,(H,22,23,26). The lowest BCUT2D eigenvalue weighted by molar-refractivity contribution is -0.116. The number of hydrogen-bond acceptors (Lipinski definition) is 5. The predicted octanol–water partition coefficient (Wildman–Crippen LogP) is 3.81. The Hall–Kier alpha value is -0.803. The Morgan fingerprint density at radius 1 is 1.21 bits per heavy atom. The Balaban J connectivity index is 1.62. The number of piperazine rings is 1. The highest BCUT2D eigenvalue weighted by atomic mass is 79.9. The SMILES string of the molecule is CC(C)(C)[Si](C)(C)OCCN1CCN(CCC(=O)Nc2cc(Br)ccn2)CC1. The molecule has 0 aromatic carbocycles. The van der Waals surface area contributed by atoms with E-state index in [9.17, 15) is 4.79 Å². The summed E-state index contributed by atoms with van der Waals surface area (Å²) >= 11 is 3.39. The summed E-state index contributed by atoms with van der Waals surface area (Å²) in [6.45, 7) is 18.1. The van der Waals surface area contributed by atoms with E-state index < -0.39 is 8.32 Å². The Labute approximate surface area is 179 Å². The first kappa shape index (κ1) is 23.5. The number of hydrogen-bond donors (Lipinski definition) is 1. The Morgan fingerprint density at radius 3 is 2.39 bits per heavy atom. The van der Waals surface area contributed by atoms with Crippen LogP contribution in [0.25, 0.3) is 0 Å². The molecule has 0 spiro atoms. The fraction of sp³-hybridized carbons (Fsp3) is 0.700. The molecule has 0 saturated carbocycles. The molecule has 1 aliphatic rings. The number of rotatable bonds is 8. The van der Waals surface area contributed by atoms with Gasteiger partial charge in [-0.15, -0.1) is 0 Å². The van der Waals surface area contributed by atoms with E-state index in [2.05, 4.69) is 69.9 Å². The average molecular weight is 472 g/mol. The minimum atomic E-state index is -1.65. The molecule has 1 fully saturated rings. The van der Waals surface area contributed by atoms with Gasteiger partial charge < -0.3 is 14.6 Å². The van der Waals surface area contributed by atoms with Gasteiger partial charge in [-0.1, -0.05) is 36.7 Å². The number of halogens is 1. The van der Waals surface area contributed by atoms with Crippen molar-refractivity contribution in [3.8, 4) is 0 Å². The highest BCUT2D eigenvalue weighted by Gasteiger charge is 2.37. The zero-order valence-electron chi connectivity index (χ0n) is 17.9. The van der Waals surface area contributed by atoms with E-state index in [0.29, 0.717) is 12.2 Å². The number of anilines is 1. The molecule has 0 unspecified atom stereocenters. The van der Waals surface area contributed by atoms with Crippen molar-refractivity contribution in [1.29, 1.82) is 0 Å². The van der Waals surface area contributed by atoms with Crippen molar-refractivity contribution in [3.05, 3.63) is 22.8 Å². The van der Waals surface area contributed by atoms with Crippen molar-refractivity contribution in [1.82, 2.24) is 14.8 Å². The van der Waals surface area contributed by atoms with Gasteiger partial charge in [0.05, 0.1) is 0 Å². The van der Waals surface area contributed by atoms with E-state index in [4.69, 9.17) is 4.43 Å². The van der Waals surface area contributed by atoms with Crippen LogP contribution in [-0.4, -0.2) is 74.9 Å². The monoisotopic (exact) mass is 470 g/mol. The summed E-state index contributed by atoms with van der Waals surface area (Å²) in [4.78, 5) is 21.1. The lowest BCUT2D eigenvalue weighted by Gasteiger charge is -2.38. The second-order valence-electron chi connectivity index (χ2n) is 8.95. The molecule has 1 aliphatic heterocycles. The van der Waals surface area contributed by atoms with Gasteiger partial charge in [0, 0.05) is 63.0 Å². The molecular formula is C20H35BrN4O2Si. The number of nitrogens with zero attached hydrogens (tertiary/aromatic N) is 3. The van der Waals surface area contributed by atoms with Crippen molar-refractivity contribution in [2.45, 2.75) is 45.3 Å². The van der Waals surface area contributed by atoms with Crippen LogP contribution in [0.4, 0.5) is 5.82 Å². The van der Waals surface area contributed by atoms with E-state index in [1.54, 1.807) is 6.20 Å². The molecule has 0 atom stereocenters. The van der Waals surface area contributed by atoms with Crippen molar-refractivity contribution in [2.75, 3.05) is 51.2 Å². The van der Waals surface area contributed by atoms with Gasteiger partial charge in [-0.2, -0.15) is 0 Å². The number of nitrogens with one attached hydrogen (secondary N) is 1. The second kappa shape index (κ2) is 10.3. The van der Waals surface area contributed by atoms with Gasteiger partial charge in [0.25, 0.3) is 0 Å². The van der Waals surface area contributed by atoms with Gasteiger partial charge in [-0.3, -0.25) is 9.69 Å². The second-order valence-corrected chi connectivity index (χ2v) is 14.7. The highest BCUT2D eigenvalue weighted by Crippen LogP contribution is 2.36. The molecule has 0 bridgehead atoms. The van der Waals surface area contributed by atoms with Crippen LogP contribution >= 0.6 is 15.9 Å². The van der Waals surface area contributed by atoms with Gasteiger partial charge in [0.1, 0.15) is 5.82 Å². The van der Waals surface area contributed by atoms with Crippen molar-refractivity contribution >= 4 is 36.0 Å². The number of aromatic nitrogens is 1. The molecule has 1 aromatic rings. The normalized spacial score (nSPS) is 16.9. The minimum absolute atomic E-state index is 0.01000. The molecule has 158 valence electrons. The third-order valence-electron chi connectivity index (χ3n) is 5.79. The number of pyridine rings is 1. The summed E-state index contributed by atoms with van der Waals surface area (Å²) in [6, 6.07) is 3.65. The van der Waals surface area contributed by atoms with Crippen molar-refractivity contribution in [2.24, 2.45) is 0 Å². The van der Waals surface area contributed by atoms with Crippen LogP contribution in [0.15, 0.2) is 22.8 Å². The van der Waals surface area contributed by atoms with Crippen molar-refractivity contribution < 1.29 is 9.22 Å². The van der Waals surface area contributed by atoms with E-state index in [-0.39, 0.29) is 10.9 Å². The van der Waals surface area contributed by atoms with E-state index in [1.807, 2.05) is 12.1 Å². The van der Waals surface area contributed by atoms with Crippen LogP contribution in [0, 0.1) is 0 Å². The Kier molecular flexibility index (Phi) is 8.63. The maximum atomic E-state index is 12.1. The third-order valence-corrected chi connectivity index (χ3v) is 10.8. The molecule has 6 nitrogen and oxygen atoms in total. The summed E-state index contributed by atoms with van der Waals surface area (Å²) in [5.74, 6) is 0.599. The number of carbonyl (C=O) groups excluding carboxylic acids is 1. The van der Waals surface area contributed by atoms with E-state index in [0.717, 1.165) is 50.3 Å². The molecular weight excluding hydrogens is 436 g/mol. The molecule has 0 aliphatic carbocycles. The van der Waals surface area contributed by atoms with Gasteiger partial charge in [0.2, 0.25) is 5.91 Å². The van der Waals surface area contributed by atoms with Gasteiger partial charge in [0.15, 0.2) is 8.32 Å². The van der Waals surface area contributed by atoms with Crippen LogP contribution in [0.2, 0.25) is 18.1 Å². The topological polar surface area (TPSA) is 57.7 Å². The molecule has 1 aromatic heterocycles.